The summed E-state index contributed by atoms with van der Waals surface area (Å²) >= 11 is 0. The molecule has 1 fully saturated rings. The Hall–Kier alpha value is -0.730. The van der Waals surface area contributed by atoms with Gasteiger partial charge >= 0.3 is 6.09 Å². The van der Waals surface area contributed by atoms with Crippen molar-refractivity contribution in [3.63, 3.8) is 0 Å². The standard InChI is InChI=1S/C12H23NO2/c1-9-7-5-6-8-10(9)13-11(14)15-12(2,3)4/h9-10H,5-8H2,1-4H3,(H,13,14)/t9-,10+/m0/s1. The van der Waals surface area contributed by atoms with Crippen molar-refractivity contribution in [1.29, 1.82) is 0 Å². The molecule has 1 aliphatic carbocycles. The van der Waals surface area contributed by atoms with Crippen LogP contribution >= 0.6 is 0 Å². The molecule has 0 heterocycles. The molecule has 0 aliphatic heterocycles. The fraction of sp³-hybridized carbons (Fsp3) is 0.917. The van der Waals surface area contributed by atoms with Crippen LogP contribution in [-0.4, -0.2) is 17.7 Å². The maximum atomic E-state index is 11.5. The molecule has 1 amide bonds. The molecule has 0 radical (unpaired) electrons. The monoisotopic (exact) mass is 213 g/mol. The van der Waals surface area contributed by atoms with Crippen LogP contribution in [0.1, 0.15) is 53.4 Å². The number of hydrogen-bond acceptors (Lipinski definition) is 2. The molecule has 1 N–H and O–H groups in total. The number of nitrogens with one attached hydrogen (secondary N) is 1. The summed E-state index contributed by atoms with van der Waals surface area (Å²) in [7, 11) is 0. The molecule has 0 aromatic carbocycles. The van der Waals surface area contributed by atoms with Gasteiger partial charge in [0.05, 0.1) is 0 Å². The second-order valence-electron chi connectivity index (χ2n) is 5.51. The summed E-state index contributed by atoms with van der Waals surface area (Å²) in [4.78, 5) is 11.5. The lowest BCUT2D eigenvalue weighted by atomic mass is 9.86. The summed E-state index contributed by atoms with van der Waals surface area (Å²) in [6.07, 6.45) is 4.51. The van der Waals surface area contributed by atoms with Crippen molar-refractivity contribution >= 4 is 6.09 Å². The normalized spacial score (nSPS) is 27.2. The average molecular weight is 213 g/mol. The Morgan fingerprint density at radius 2 is 1.87 bits per heavy atom. The first-order valence-corrected chi connectivity index (χ1v) is 5.88. The lowest BCUT2D eigenvalue weighted by Crippen LogP contribution is -2.43. The van der Waals surface area contributed by atoms with E-state index in [1.165, 1.54) is 19.3 Å². The highest BCUT2D eigenvalue weighted by molar-refractivity contribution is 5.68. The van der Waals surface area contributed by atoms with Gasteiger partial charge in [0, 0.05) is 6.04 Å². The van der Waals surface area contributed by atoms with E-state index in [0.29, 0.717) is 12.0 Å². The summed E-state index contributed by atoms with van der Waals surface area (Å²) in [5, 5.41) is 2.96. The largest absolute Gasteiger partial charge is 0.444 e. The summed E-state index contributed by atoms with van der Waals surface area (Å²) in [5.41, 5.74) is -0.401. The van der Waals surface area contributed by atoms with E-state index in [2.05, 4.69) is 12.2 Å². The van der Waals surface area contributed by atoms with Crippen LogP contribution < -0.4 is 5.32 Å². The molecule has 15 heavy (non-hydrogen) atoms. The van der Waals surface area contributed by atoms with Crippen molar-refractivity contribution in [3.05, 3.63) is 0 Å². The minimum absolute atomic E-state index is 0.277. The molecule has 0 saturated heterocycles. The zero-order valence-electron chi connectivity index (χ0n) is 10.3. The third-order valence-corrected chi connectivity index (χ3v) is 2.81. The zero-order chi connectivity index (χ0) is 11.5. The molecule has 3 heteroatoms. The van der Waals surface area contributed by atoms with Crippen molar-refractivity contribution in [2.75, 3.05) is 0 Å². The first-order valence-electron chi connectivity index (χ1n) is 5.88. The van der Waals surface area contributed by atoms with Crippen LogP contribution in [0.3, 0.4) is 0 Å². The third kappa shape index (κ3) is 4.54. The number of carbonyl (C=O) groups excluding carboxylic acids is 1. The molecule has 1 rings (SSSR count). The predicted octanol–water partition coefficient (Wildman–Crippen LogP) is 3.09. The lowest BCUT2D eigenvalue weighted by Gasteiger charge is -2.30. The van der Waals surface area contributed by atoms with E-state index in [0.717, 1.165) is 6.42 Å². The molecule has 0 aromatic rings. The molecule has 1 aliphatic rings. The molecule has 88 valence electrons. The van der Waals surface area contributed by atoms with Gasteiger partial charge < -0.3 is 10.1 Å². The van der Waals surface area contributed by atoms with Crippen LogP contribution in [0.4, 0.5) is 4.79 Å². The topological polar surface area (TPSA) is 38.3 Å². The fourth-order valence-electron chi connectivity index (χ4n) is 1.99. The number of carbonyl (C=O) groups is 1. The maximum absolute atomic E-state index is 11.5. The van der Waals surface area contributed by atoms with Gasteiger partial charge in [0.1, 0.15) is 5.60 Å². The van der Waals surface area contributed by atoms with Gasteiger partial charge in [0.25, 0.3) is 0 Å². The summed E-state index contributed by atoms with van der Waals surface area (Å²) in [6.45, 7) is 7.85. The van der Waals surface area contributed by atoms with Gasteiger partial charge in [-0.3, -0.25) is 0 Å². The molecular weight excluding hydrogens is 190 g/mol. The highest BCUT2D eigenvalue weighted by atomic mass is 16.6. The number of amides is 1. The molecule has 2 atom stereocenters. The van der Waals surface area contributed by atoms with Crippen LogP contribution in [0.2, 0.25) is 0 Å². The van der Waals surface area contributed by atoms with Crippen LogP contribution in [-0.2, 0) is 4.74 Å². The van der Waals surface area contributed by atoms with Gasteiger partial charge in [0.15, 0.2) is 0 Å². The summed E-state index contributed by atoms with van der Waals surface area (Å²) < 4.78 is 5.24. The Kier molecular flexibility index (Phi) is 4.00. The molecule has 0 aromatic heterocycles. The van der Waals surface area contributed by atoms with Gasteiger partial charge in [-0.25, -0.2) is 4.79 Å². The first-order chi connectivity index (χ1) is 6.88. The van der Waals surface area contributed by atoms with Crippen LogP contribution in [0, 0.1) is 5.92 Å². The van der Waals surface area contributed by atoms with Gasteiger partial charge in [-0.05, 0) is 39.5 Å². The van der Waals surface area contributed by atoms with E-state index >= 15 is 0 Å². The van der Waals surface area contributed by atoms with Gasteiger partial charge in [-0.1, -0.05) is 19.8 Å². The van der Waals surface area contributed by atoms with Crippen molar-refractivity contribution in [2.45, 2.75) is 65.0 Å². The van der Waals surface area contributed by atoms with E-state index in [-0.39, 0.29) is 6.09 Å². The van der Waals surface area contributed by atoms with E-state index in [1.54, 1.807) is 0 Å². The quantitative estimate of drug-likeness (QED) is 0.727. The first kappa shape index (κ1) is 12.3. The predicted molar refractivity (Wildman–Crippen MR) is 60.8 cm³/mol. The molecule has 0 spiro atoms. The number of alkyl carbamates (subject to hydrolysis) is 1. The smallest absolute Gasteiger partial charge is 0.407 e. The zero-order valence-corrected chi connectivity index (χ0v) is 10.3. The molecule has 0 bridgehead atoms. The van der Waals surface area contributed by atoms with Gasteiger partial charge in [0.2, 0.25) is 0 Å². The molecule has 3 nitrogen and oxygen atoms in total. The van der Waals surface area contributed by atoms with Crippen molar-refractivity contribution in [3.8, 4) is 0 Å². The Balaban J connectivity index is 2.36. The summed E-state index contributed by atoms with van der Waals surface area (Å²) in [6, 6.07) is 0.300. The molecule has 0 unspecified atom stereocenters. The van der Waals surface area contributed by atoms with E-state index < -0.39 is 5.60 Å². The number of rotatable bonds is 1. The van der Waals surface area contributed by atoms with Crippen LogP contribution in [0.25, 0.3) is 0 Å². The Morgan fingerprint density at radius 3 is 2.40 bits per heavy atom. The second kappa shape index (κ2) is 4.86. The SMILES string of the molecule is C[C@H]1CCCC[C@H]1NC(=O)OC(C)(C)C. The fourth-order valence-corrected chi connectivity index (χ4v) is 1.99. The highest BCUT2D eigenvalue weighted by Gasteiger charge is 2.25. The second-order valence-corrected chi connectivity index (χ2v) is 5.51. The van der Waals surface area contributed by atoms with E-state index in [9.17, 15) is 4.79 Å². The summed E-state index contributed by atoms with van der Waals surface area (Å²) in [5.74, 6) is 0.575. The minimum atomic E-state index is -0.401. The number of hydrogen-bond donors (Lipinski definition) is 1. The lowest BCUT2D eigenvalue weighted by molar-refractivity contribution is 0.0473. The Bertz CT molecular complexity index is 220. The molecular formula is C12H23NO2. The highest BCUT2D eigenvalue weighted by Crippen LogP contribution is 2.23. The van der Waals surface area contributed by atoms with Crippen LogP contribution in [0.15, 0.2) is 0 Å². The maximum Gasteiger partial charge on any atom is 0.407 e. The minimum Gasteiger partial charge on any atom is -0.444 e. The molecule has 1 saturated carbocycles. The number of ether oxygens (including phenoxy) is 1. The van der Waals surface area contributed by atoms with Crippen LogP contribution in [0.5, 0.6) is 0 Å². The van der Waals surface area contributed by atoms with E-state index in [1.807, 2.05) is 20.8 Å². The van der Waals surface area contributed by atoms with Gasteiger partial charge in [-0.2, -0.15) is 0 Å². The average Bonchev–Trinajstić information content (AvgIpc) is 2.05. The van der Waals surface area contributed by atoms with Crippen molar-refractivity contribution in [2.24, 2.45) is 5.92 Å². The third-order valence-electron chi connectivity index (χ3n) is 2.81. The van der Waals surface area contributed by atoms with Crippen molar-refractivity contribution in [1.82, 2.24) is 5.32 Å². The van der Waals surface area contributed by atoms with Gasteiger partial charge in [-0.15, -0.1) is 0 Å². The van der Waals surface area contributed by atoms with E-state index in [4.69, 9.17) is 4.74 Å². The Labute approximate surface area is 92.6 Å². The van der Waals surface area contributed by atoms with Crippen molar-refractivity contribution < 1.29 is 9.53 Å². The Morgan fingerprint density at radius 1 is 1.27 bits per heavy atom.